The maximum Gasteiger partial charge on any atom is 0.153 e. The van der Waals surface area contributed by atoms with Crippen LogP contribution in [0.5, 0.6) is 5.75 Å². The highest BCUT2D eigenvalue weighted by Gasteiger charge is 2.20. The van der Waals surface area contributed by atoms with Gasteiger partial charge in [0.1, 0.15) is 0 Å². The molecule has 0 amide bonds. The van der Waals surface area contributed by atoms with Gasteiger partial charge in [-0.15, -0.1) is 0 Å². The fourth-order valence-corrected chi connectivity index (χ4v) is 3.55. The monoisotopic (exact) mass is 374 g/mol. The number of halogens is 6. The van der Waals surface area contributed by atoms with Gasteiger partial charge in [-0.1, -0.05) is 69.6 Å². The average molecular weight is 377 g/mol. The number of hydrogen-bond donors (Lipinski definition) is 1. The largest absolute Gasteiger partial charge is 0.505 e. The minimum absolute atomic E-state index is 0.0244. The molecule has 2 aromatic rings. The molecule has 0 bridgehead atoms. The lowest BCUT2D eigenvalue weighted by Crippen LogP contribution is -1.87. The van der Waals surface area contributed by atoms with E-state index in [0.29, 0.717) is 16.1 Å². The molecule has 0 heterocycles. The molecule has 2 aromatic carbocycles. The average Bonchev–Trinajstić information content (AvgIpc) is 2.29. The van der Waals surface area contributed by atoms with Gasteiger partial charge in [-0.2, -0.15) is 0 Å². The number of hydrogen-bond acceptors (Lipinski definition) is 1. The summed E-state index contributed by atoms with van der Waals surface area (Å²) in [6.07, 6.45) is 0. The minimum atomic E-state index is -0.287. The van der Waals surface area contributed by atoms with Gasteiger partial charge < -0.3 is 5.11 Å². The Kier molecular flexibility index (Phi) is 4.67. The summed E-state index contributed by atoms with van der Waals surface area (Å²) < 4.78 is 0. The maximum atomic E-state index is 9.77. The third kappa shape index (κ3) is 2.87. The van der Waals surface area contributed by atoms with Crippen molar-refractivity contribution in [2.75, 3.05) is 0 Å². The molecule has 0 saturated heterocycles. The standard InChI is InChI=1S/C12H4Cl6O/c13-4-1-5(14)9(6(15)2-4)10-7(16)3-8(17)12(19)11(10)18/h1-3,19H. The van der Waals surface area contributed by atoms with Crippen molar-refractivity contribution in [1.29, 1.82) is 0 Å². The Hall–Kier alpha value is -0.0200. The fourth-order valence-electron chi connectivity index (χ4n) is 1.59. The normalized spacial score (nSPS) is 10.8. The Labute approximate surface area is 139 Å². The van der Waals surface area contributed by atoms with E-state index < -0.39 is 0 Å². The van der Waals surface area contributed by atoms with Crippen molar-refractivity contribution >= 4 is 69.6 Å². The van der Waals surface area contributed by atoms with E-state index in [1.54, 1.807) is 0 Å². The molecule has 2 rings (SSSR count). The first-order valence-corrected chi connectivity index (χ1v) is 7.11. The SMILES string of the molecule is Oc1c(Cl)cc(Cl)c(-c2c(Cl)cc(Cl)cc2Cl)c1Cl. The molecule has 0 aliphatic carbocycles. The van der Waals surface area contributed by atoms with Crippen LogP contribution in [0.2, 0.25) is 30.1 Å². The van der Waals surface area contributed by atoms with Gasteiger partial charge in [-0.05, 0) is 18.2 Å². The van der Waals surface area contributed by atoms with Crippen LogP contribution in [0.15, 0.2) is 18.2 Å². The molecular weight excluding hydrogens is 373 g/mol. The highest BCUT2D eigenvalue weighted by Crippen LogP contribution is 2.48. The van der Waals surface area contributed by atoms with Crippen LogP contribution in [0.25, 0.3) is 11.1 Å². The summed E-state index contributed by atoms with van der Waals surface area (Å²) in [5, 5.41) is 10.9. The second-order valence-electron chi connectivity index (χ2n) is 3.62. The Morgan fingerprint density at radius 2 is 1.11 bits per heavy atom. The van der Waals surface area contributed by atoms with Crippen molar-refractivity contribution < 1.29 is 5.11 Å². The summed E-state index contributed by atoms with van der Waals surface area (Å²) in [7, 11) is 0. The topological polar surface area (TPSA) is 20.2 Å². The molecule has 100 valence electrons. The van der Waals surface area contributed by atoms with Crippen molar-refractivity contribution in [2.24, 2.45) is 0 Å². The van der Waals surface area contributed by atoms with E-state index in [0.717, 1.165) is 0 Å². The van der Waals surface area contributed by atoms with E-state index in [1.807, 2.05) is 0 Å². The molecule has 0 spiro atoms. The van der Waals surface area contributed by atoms with Crippen molar-refractivity contribution in [1.82, 2.24) is 0 Å². The van der Waals surface area contributed by atoms with Gasteiger partial charge in [0.25, 0.3) is 0 Å². The maximum absolute atomic E-state index is 9.77. The van der Waals surface area contributed by atoms with E-state index in [9.17, 15) is 5.11 Å². The van der Waals surface area contributed by atoms with E-state index in [-0.39, 0.29) is 30.9 Å². The molecule has 0 radical (unpaired) electrons. The summed E-state index contributed by atoms with van der Waals surface area (Å²) in [5.74, 6) is -0.287. The van der Waals surface area contributed by atoms with Crippen molar-refractivity contribution in [3.63, 3.8) is 0 Å². The predicted molar refractivity (Wildman–Crippen MR) is 83.6 cm³/mol. The van der Waals surface area contributed by atoms with Gasteiger partial charge in [0, 0.05) is 16.1 Å². The lowest BCUT2D eigenvalue weighted by Gasteiger charge is -2.13. The first-order valence-electron chi connectivity index (χ1n) is 4.84. The summed E-state index contributed by atoms with van der Waals surface area (Å²) in [6.45, 7) is 0. The molecular formula is C12H4Cl6O. The molecule has 1 nitrogen and oxygen atoms in total. The van der Waals surface area contributed by atoms with Crippen LogP contribution in [0.4, 0.5) is 0 Å². The number of phenols is 1. The Morgan fingerprint density at radius 1 is 0.632 bits per heavy atom. The van der Waals surface area contributed by atoms with Crippen molar-refractivity contribution in [3.05, 3.63) is 48.3 Å². The number of benzene rings is 2. The van der Waals surface area contributed by atoms with Gasteiger partial charge >= 0.3 is 0 Å². The van der Waals surface area contributed by atoms with Crippen LogP contribution >= 0.6 is 69.6 Å². The Balaban J connectivity index is 2.84. The summed E-state index contributed by atoms with van der Waals surface area (Å²) in [5.41, 5.74) is 0.687. The molecule has 1 N–H and O–H groups in total. The minimum Gasteiger partial charge on any atom is -0.505 e. The fraction of sp³-hybridized carbons (Fsp3) is 0. The Morgan fingerprint density at radius 3 is 1.63 bits per heavy atom. The quantitative estimate of drug-likeness (QED) is 0.569. The third-order valence-corrected chi connectivity index (χ3v) is 4.17. The zero-order valence-electron chi connectivity index (χ0n) is 8.95. The first kappa shape index (κ1) is 15.4. The van der Waals surface area contributed by atoms with Crippen LogP contribution in [0.1, 0.15) is 0 Å². The number of aromatic hydroxyl groups is 1. The molecule has 0 aromatic heterocycles. The molecule has 0 atom stereocenters. The number of rotatable bonds is 1. The van der Waals surface area contributed by atoms with Crippen LogP contribution < -0.4 is 0 Å². The highest BCUT2D eigenvalue weighted by molar-refractivity contribution is 6.47. The van der Waals surface area contributed by atoms with Crippen LogP contribution in [-0.2, 0) is 0 Å². The van der Waals surface area contributed by atoms with Gasteiger partial charge in [0.15, 0.2) is 5.75 Å². The molecule has 7 heteroatoms. The highest BCUT2D eigenvalue weighted by atomic mass is 35.5. The van der Waals surface area contributed by atoms with Crippen molar-refractivity contribution in [3.8, 4) is 16.9 Å². The summed E-state index contributed by atoms with van der Waals surface area (Å²) in [6, 6.07) is 4.37. The number of phenolic OH excluding ortho intramolecular Hbond substituents is 1. The molecule has 0 aliphatic rings. The zero-order valence-corrected chi connectivity index (χ0v) is 13.5. The van der Waals surface area contributed by atoms with Gasteiger partial charge in [0.05, 0.1) is 25.1 Å². The van der Waals surface area contributed by atoms with Crippen LogP contribution in [0, 0.1) is 0 Å². The second kappa shape index (κ2) is 5.77. The van der Waals surface area contributed by atoms with Crippen LogP contribution in [0.3, 0.4) is 0 Å². The molecule has 0 aliphatic heterocycles. The lowest BCUT2D eigenvalue weighted by atomic mass is 10.0. The molecule has 0 fully saturated rings. The lowest BCUT2D eigenvalue weighted by molar-refractivity contribution is 0.476. The van der Waals surface area contributed by atoms with E-state index in [1.165, 1.54) is 18.2 Å². The van der Waals surface area contributed by atoms with Crippen molar-refractivity contribution in [2.45, 2.75) is 0 Å². The van der Waals surface area contributed by atoms with E-state index >= 15 is 0 Å². The Bertz CT molecular complexity index is 645. The third-order valence-electron chi connectivity index (χ3n) is 2.40. The predicted octanol–water partition coefficient (Wildman–Crippen LogP) is 6.98. The van der Waals surface area contributed by atoms with E-state index in [2.05, 4.69) is 0 Å². The first-order chi connectivity index (χ1) is 8.82. The van der Waals surface area contributed by atoms with Gasteiger partial charge in [-0.25, -0.2) is 0 Å². The van der Waals surface area contributed by atoms with E-state index in [4.69, 9.17) is 69.6 Å². The molecule has 19 heavy (non-hydrogen) atoms. The van der Waals surface area contributed by atoms with Gasteiger partial charge in [-0.3, -0.25) is 0 Å². The van der Waals surface area contributed by atoms with Gasteiger partial charge in [0.2, 0.25) is 0 Å². The second-order valence-corrected chi connectivity index (χ2v) is 6.07. The molecule has 0 unspecified atom stereocenters. The summed E-state index contributed by atoms with van der Waals surface area (Å²) >= 11 is 36.0. The smallest absolute Gasteiger partial charge is 0.153 e. The zero-order chi connectivity index (χ0) is 14.3. The summed E-state index contributed by atoms with van der Waals surface area (Å²) in [4.78, 5) is 0. The van der Waals surface area contributed by atoms with Crippen LogP contribution in [-0.4, -0.2) is 5.11 Å². The molecule has 0 saturated carbocycles.